The van der Waals surface area contributed by atoms with Gasteiger partial charge < -0.3 is 16.1 Å². The predicted molar refractivity (Wildman–Crippen MR) is 73.0 cm³/mol. The summed E-state index contributed by atoms with van der Waals surface area (Å²) in [6, 6.07) is 3.01. The van der Waals surface area contributed by atoms with Crippen molar-refractivity contribution in [2.45, 2.75) is 25.3 Å². The molecule has 9 nitrogen and oxygen atoms in total. The number of rotatable bonds is 7. The third-order valence-corrected chi connectivity index (χ3v) is 2.81. The van der Waals surface area contributed by atoms with Crippen molar-refractivity contribution >= 4 is 23.2 Å². The maximum absolute atomic E-state index is 11.5. The molecule has 1 heterocycles. The molecule has 0 aliphatic heterocycles. The number of anilines is 2. The fourth-order valence-corrected chi connectivity index (χ4v) is 1.63. The second-order valence-corrected chi connectivity index (χ2v) is 4.48. The first-order valence-corrected chi connectivity index (χ1v) is 6.25. The number of nitrogen functional groups attached to an aromatic ring is 1. The van der Waals surface area contributed by atoms with Gasteiger partial charge in [0.2, 0.25) is 11.7 Å². The third kappa shape index (κ3) is 3.79. The zero-order valence-corrected chi connectivity index (χ0v) is 10.8. The third-order valence-electron chi connectivity index (χ3n) is 2.81. The lowest BCUT2D eigenvalue weighted by atomic mass is 10.3. The first-order valence-electron chi connectivity index (χ1n) is 6.25. The Kier molecular flexibility index (Phi) is 4.31. The number of carbonyl (C=O) groups excluding carboxylic acids is 1. The topological polar surface area (TPSA) is 135 Å². The number of nitrogens with one attached hydrogen (secondary N) is 3. The summed E-state index contributed by atoms with van der Waals surface area (Å²) < 4.78 is 0. The van der Waals surface area contributed by atoms with Gasteiger partial charge in [-0.05, 0) is 18.9 Å². The maximum atomic E-state index is 11.5. The van der Waals surface area contributed by atoms with Crippen molar-refractivity contribution in [1.29, 1.82) is 0 Å². The maximum Gasteiger partial charge on any atom is 0.311 e. The predicted octanol–water partition coefficient (Wildman–Crippen LogP) is 0.356. The minimum absolute atomic E-state index is 0.0734. The van der Waals surface area contributed by atoms with E-state index in [0.29, 0.717) is 11.9 Å². The number of nitrogens with two attached hydrogens (primary N) is 1. The molecular weight excluding hydrogens is 264 g/mol. The van der Waals surface area contributed by atoms with E-state index in [-0.39, 0.29) is 30.4 Å². The Labute approximate surface area is 115 Å². The molecule has 0 atom stereocenters. The summed E-state index contributed by atoms with van der Waals surface area (Å²) in [5.41, 5.74) is 2.15. The molecule has 1 aliphatic rings. The number of hydrazine groups is 1. The highest BCUT2D eigenvalue weighted by Gasteiger charge is 2.23. The largest absolute Gasteiger partial charge is 0.364 e. The molecule has 0 spiro atoms. The average molecular weight is 280 g/mol. The summed E-state index contributed by atoms with van der Waals surface area (Å²) in [5, 5.41) is 16.5. The summed E-state index contributed by atoms with van der Waals surface area (Å²) in [5.74, 6) is 5.53. The monoisotopic (exact) mass is 280 g/mol. The van der Waals surface area contributed by atoms with E-state index in [2.05, 4.69) is 21.0 Å². The van der Waals surface area contributed by atoms with Gasteiger partial charge in [-0.3, -0.25) is 14.9 Å². The van der Waals surface area contributed by atoms with E-state index in [9.17, 15) is 14.9 Å². The van der Waals surface area contributed by atoms with Gasteiger partial charge in [-0.25, -0.2) is 10.8 Å². The summed E-state index contributed by atoms with van der Waals surface area (Å²) in [6.07, 6.45) is 2.28. The van der Waals surface area contributed by atoms with Gasteiger partial charge in [-0.15, -0.1) is 0 Å². The standard InChI is InChI=1S/C11H16N6O3/c12-16-9-4-3-8(17(19)20)11(15-9)13-6-5-10(18)14-7-1-2-7/h3-4,7H,1-2,5-6,12H2,(H,14,18)(H2,13,15,16). The van der Waals surface area contributed by atoms with Crippen molar-refractivity contribution in [1.82, 2.24) is 10.3 Å². The molecule has 0 bridgehead atoms. The fourth-order valence-electron chi connectivity index (χ4n) is 1.63. The summed E-state index contributed by atoms with van der Waals surface area (Å²) in [4.78, 5) is 25.8. The molecule has 1 aromatic rings. The Bertz CT molecular complexity index is 517. The number of nitro groups is 1. The molecule has 0 aromatic carbocycles. The lowest BCUT2D eigenvalue weighted by molar-refractivity contribution is -0.384. The smallest absolute Gasteiger partial charge is 0.311 e. The second kappa shape index (κ2) is 6.15. The van der Waals surface area contributed by atoms with Gasteiger partial charge in [0.1, 0.15) is 5.82 Å². The van der Waals surface area contributed by atoms with E-state index < -0.39 is 4.92 Å². The van der Waals surface area contributed by atoms with Crippen molar-refractivity contribution in [3.05, 3.63) is 22.2 Å². The summed E-state index contributed by atoms with van der Waals surface area (Å²) >= 11 is 0. The van der Waals surface area contributed by atoms with Crippen LogP contribution in [0.1, 0.15) is 19.3 Å². The van der Waals surface area contributed by atoms with Crippen LogP contribution >= 0.6 is 0 Å². The van der Waals surface area contributed by atoms with Crippen molar-refractivity contribution < 1.29 is 9.72 Å². The highest BCUT2D eigenvalue weighted by Crippen LogP contribution is 2.23. The number of nitrogens with zero attached hydrogens (tertiary/aromatic N) is 2. The number of pyridine rings is 1. The van der Waals surface area contributed by atoms with Gasteiger partial charge in [0, 0.05) is 25.1 Å². The lowest BCUT2D eigenvalue weighted by Crippen LogP contribution is -2.27. The summed E-state index contributed by atoms with van der Waals surface area (Å²) in [7, 11) is 0. The Balaban J connectivity index is 1.92. The van der Waals surface area contributed by atoms with Crippen LogP contribution in [0.5, 0.6) is 0 Å². The van der Waals surface area contributed by atoms with Crippen molar-refractivity contribution in [2.75, 3.05) is 17.3 Å². The van der Waals surface area contributed by atoms with Crippen LogP contribution in [0, 0.1) is 10.1 Å². The molecule has 9 heteroatoms. The Morgan fingerprint density at radius 3 is 2.85 bits per heavy atom. The molecule has 2 rings (SSSR count). The first kappa shape index (κ1) is 14.0. The van der Waals surface area contributed by atoms with Crippen molar-refractivity contribution in [3.8, 4) is 0 Å². The van der Waals surface area contributed by atoms with Crippen LogP contribution in [-0.4, -0.2) is 28.4 Å². The number of carbonyl (C=O) groups is 1. The molecule has 1 amide bonds. The van der Waals surface area contributed by atoms with Gasteiger partial charge >= 0.3 is 5.69 Å². The van der Waals surface area contributed by atoms with Crippen LogP contribution in [0.3, 0.4) is 0 Å². The average Bonchev–Trinajstić information content (AvgIpc) is 3.22. The van der Waals surface area contributed by atoms with E-state index in [1.807, 2.05) is 0 Å². The molecule has 0 unspecified atom stereocenters. The molecular formula is C11H16N6O3. The molecule has 1 saturated carbocycles. The molecule has 1 fully saturated rings. The molecule has 1 aliphatic carbocycles. The number of amides is 1. The van der Waals surface area contributed by atoms with Gasteiger partial charge in [-0.2, -0.15) is 0 Å². The first-order chi connectivity index (χ1) is 9.60. The number of hydrogen-bond donors (Lipinski definition) is 4. The number of aromatic nitrogens is 1. The zero-order valence-electron chi connectivity index (χ0n) is 10.8. The molecule has 0 saturated heterocycles. The van der Waals surface area contributed by atoms with Crippen molar-refractivity contribution in [2.24, 2.45) is 5.84 Å². The van der Waals surface area contributed by atoms with E-state index in [0.717, 1.165) is 12.8 Å². The van der Waals surface area contributed by atoms with E-state index in [1.54, 1.807) is 0 Å². The Morgan fingerprint density at radius 1 is 1.50 bits per heavy atom. The minimum Gasteiger partial charge on any atom is -0.364 e. The second-order valence-electron chi connectivity index (χ2n) is 4.48. The van der Waals surface area contributed by atoms with Crippen LogP contribution in [0.4, 0.5) is 17.3 Å². The summed E-state index contributed by atoms with van der Waals surface area (Å²) in [6.45, 7) is 0.264. The number of hydrogen-bond acceptors (Lipinski definition) is 7. The van der Waals surface area contributed by atoms with Crippen LogP contribution in [-0.2, 0) is 4.79 Å². The fraction of sp³-hybridized carbons (Fsp3) is 0.455. The highest BCUT2D eigenvalue weighted by molar-refractivity contribution is 5.77. The lowest BCUT2D eigenvalue weighted by Gasteiger charge is -2.08. The van der Waals surface area contributed by atoms with Gasteiger partial charge in [-0.1, -0.05) is 0 Å². The van der Waals surface area contributed by atoms with E-state index >= 15 is 0 Å². The van der Waals surface area contributed by atoms with Gasteiger partial charge in [0.15, 0.2) is 0 Å². The van der Waals surface area contributed by atoms with Crippen LogP contribution in [0.25, 0.3) is 0 Å². The SMILES string of the molecule is NNc1ccc([N+](=O)[O-])c(NCCC(=O)NC2CC2)n1. The highest BCUT2D eigenvalue weighted by atomic mass is 16.6. The molecule has 1 aromatic heterocycles. The van der Waals surface area contributed by atoms with Crippen molar-refractivity contribution in [3.63, 3.8) is 0 Å². The zero-order chi connectivity index (χ0) is 14.5. The van der Waals surface area contributed by atoms with Crippen LogP contribution in [0.15, 0.2) is 12.1 Å². The minimum atomic E-state index is -0.542. The molecule has 0 radical (unpaired) electrons. The molecule has 5 N–H and O–H groups in total. The quantitative estimate of drug-likeness (QED) is 0.321. The van der Waals surface area contributed by atoms with E-state index in [1.165, 1.54) is 12.1 Å². The normalized spacial score (nSPS) is 13.7. The van der Waals surface area contributed by atoms with Crippen LogP contribution in [0.2, 0.25) is 0 Å². The Hall–Kier alpha value is -2.42. The van der Waals surface area contributed by atoms with E-state index in [4.69, 9.17) is 5.84 Å². The van der Waals surface area contributed by atoms with Crippen LogP contribution < -0.4 is 21.9 Å². The molecule has 20 heavy (non-hydrogen) atoms. The Morgan fingerprint density at radius 2 is 2.25 bits per heavy atom. The van der Waals surface area contributed by atoms with Gasteiger partial charge in [0.25, 0.3) is 0 Å². The van der Waals surface area contributed by atoms with Gasteiger partial charge in [0.05, 0.1) is 4.92 Å². The molecule has 108 valence electrons.